The van der Waals surface area contributed by atoms with Crippen molar-refractivity contribution in [3.63, 3.8) is 0 Å². The summed E-state index contributed by atoms with van der Waals surface area (Å²) in [5.41, 5.74) is 6.59. The molecule has 1 heterocycles. The van der Waals surface area contributed by atoms with E-state index in [0.29, 0.717) is 34.2 Å². The van der Waals surface area contributed by atoms with Gasteiger partial charge in [-0.25, -0.2) is 4.39 Å². The van der Waals surface area contributed by atoms with Crippen molar-refractivity contribution in [2.45, 2.75) is 52.0 Å². The van der Waals surface area contributed by atoms with E-state index in [1.807, 2.05) is 44.2 Å². The zero-order chi connectivity index (χ0) is 28.9. The number of nitrogens with one attached hydrogen (secondary N) is 1. The predicted octanol–water partition coefficient (Wildman–Crippen LogP) is 6.84. The van der Waals surface area contributed by atoms with Crippen molar-refractivity contribution in [3.05, 3.63) is 111 Å². The van der Waals surface area contributed by atoms with Crippen molar-refractivity contribution in [1.82, 2.24) is 10.3 Å². The molecule has 210 valence electrons. The molecule has 1 aromatic heterocycles. The highest BCUT2D eigenvalue weighted by molar-refractivity contribution is 6.32. The van der Waals surface area contributed by atoms with Crippen LogP contribution in [0.5, 0.6) is 11.5 Å². The fourth-order valence-electron chi connectivity index (χ4n) is 5.07. The summed E-state index contributed by atoms with van der Waals surface area (Å²) in [6.07, 6.45) is 4.40. The summed E-state index contributed by atoms with van der Waals surface area (Å²) in [5.74, 6) is 0.807. The predicted molar refractivity (Wildman–Crippen MR) is 156 cm³/mol. The lowest BCUT2D eigenvalue weighted by Crippen LogP contribution is -2.28. The lowest BCUT2D eigenvalue weighted by atomic mass is 9.95. The van der Waals surface area contributed by atoms with E-state index >= 15 is 0 Å². The summed E-state index contributed by atoms with van der Waals surface area (Å²) in [7, 11) is 0. The molecule has 0 radical (unpaired) electrons. The second kappa shape index (κ2) is 12.7. The summed E-state index contributed by atoms with van der Waals surface area (Å²) in [6, 6.07) is 18.4. The van der Waals surface area contributed by atoms with Crippen molar-refractivity contribution >= 4 is 11.6 Å². The Bertz CT molecular complexity index is 1600. The average molecular weight is 572 g/mol. The van der Waals surface area contributed by atoms with Crippen LogP contribution in [-0.2, 0) is 19.6 Å². The van der Waals surface area contributed by atoms with Gasteiger partial charge in [-0.15, -0.1) is 0 Å². The van der Waals surface area contributed by atoms with Gasteiger partial charge in [-0.2, -0.15) is 5.26 Å². The number of aliphatic hydroxyl groups is 1. The molecule has 8 heteroatoms. The highest BCUT2D eigenvalue weighted by Crippen LogP contribution is 2.43. The maximum Gasteiger partial charge on any atom is 0.142 e. The van der Waals surface area contributed by atoms with Gasteiger partial charge in [-0.05, 0) is 67.6 Å². The Morgan fingerprint density at radius 3 is 2.80 bits per heavy atom. The number of aliphatic hydroxyl groups excluding tert-OH is 1. The van der Waals surface area contributed by atoms with Crippen molar-refractivity contribution in [2.75, 3.05) is 6.61 Å². The third kappa shape index (κ3) is 6.52. The minimum atomic E-state index is -0.252. The largest absolute Gasteiger partial charge is 0.488 e. The lowest BCUT2D eigenvalue weighted by molar-refractivity contribution is 0.205. The van der Waals surface area contributed by atoms with Gasteiger partial charge in [0, 0.05) is 47.7 Å². The highest BCUT2D eigenvalue weighted by atomic mass is 35.5. The smallest absolute Gasteiger partial charge is 0.142 e. The number of ether oxygens (including phenoxy) is 2. The molecule has 0 saturated carbocycles. The molecular weight excluding hydrogens is 541 g/mol. The lowest BCUT2D eigenvalue weighted by Gasteiger charge is -2.20. The molecule has 0 fully saturated rings. The van der Waals surface area contributed by atoms with E-state index < -0.39 is 0 Å². The van der Waals surface area contributed by atoms with Crippen LogP contribution in [0.25, 0.3) is 11.1 Å². The fraction of sp³-hybridized carbons (Fsp3) is 0.273. The number of nitrogens with zero attached hydrogens (tertiary/aromatic N) is 2. The summed E-state index contributed by atoms with van der Waals surface area (Å²) >= 11 is 6.72. The molecular formula is C33H31ClFN3O3. The highest BCUT2D eigenvalue weighted by Gasteiger charge is 2.28. The molecule has 1 aliphatic rings. The van der Waals surface area contributed by atoms with E-state index in [4.69, 9.17) is 21.1 Å². The molecule has 0 saturated heterocycles. The number of fused-ring (bicyclic) bond motifs is 1. The molecule has 0 amide bonds. The first kappa shape index (κ1) is 28.6. The van der Waals surface area contributed by atoms with Gasteiger partial charge in [0.1, 0.15) is 36.1 Å². The minimum absolute atomic E-state index is 0.00668. The molecule has 0 spiro atoms. The van der Waals surface area contributed by atoms with Crippen molar-refractivity contribution in [1.29, 1.82) is 5.26 Å². The summed E-state index contributed by atoms with van der Waals surface area (Å²) in [4.78, 5) is 4.11. The van der Waals surface area contributed by atoms with Crippen LogP contribution in [-0.4, -0.2) is 22.7 Å². The van der Waals surface area contributed by atoms with Gasteiger partial charge in [-0.3, -0.25) is 4.98 Å². The molecule has 0 unspecified atom stereocenters. The van der Waals surface area contributed by atoms with E-state index in [0.717, 1.165) is 46.2 Å². The SMILES string of the molecule is Cc1ccc(F)c(-c2cccc3c2CC[C@@H]3Oc2cc(OCc3cncc(C#N)c3)c(CN[C@H](C)CO)cc2Cl)c1. The average Bonchev–Trinajstić information content (AvgIpc) is 3.40. The van der Waals surface area contributed by atoms with Crippen molar-refractivity contribution in [3.8, 4) is 28.7 Å². The zero-order valence-corrected chi connectivity index (χ0v) is 23.7. The molecule has 4 aromatic rings. The quantitative estimate of drug-likeness (QED) is 0.217. The first-order chi connectivity index (χ1) is 19.9. The Kier molecular flexibility index (Phi) is 8.84. The van der Waals surface area contributed by atoms with Crippen molar-refractivity contribution < 1.29 is 19.0 Å². The molecule has 1 aliphatic carbocycles. The number of benzene rings is 3. The normalized spacial score (nSPS) is 14.8. The van der Waals surface area contributed by atoms with Crippen LogP contribution in [0.2, 0.25) is 5.02 Å². The van der Waals surface area contributed by atoms with Crippen LogP contribution < -0.4 is 14.8 Å². The van der Waals surface area contributed by atoms with E-state index in [1.165, 1.54) is 12.3 Å². The minimum Gasteiger partial charge on any atom is -0.488 e. The first-order valence-electron chi connectivity index (χ1n) is 13.5. The second-order valence-electron chi connectivity index (χ2n) is 10.3. The number of hydrogen-bond donors (Lipinski definition) is 2. The number of aromatic nitrogens is 1. The number of aryl methyl sites for hydroxylation is 1. The molecule has 0 aliphatic heterocycles. The zero-order valence-electron chi connectivity index (χ0n) is 23.0. The van der Waals surface area contributed by atoms with Gasteiger partial charge >= 0.3 is 0 Å². The standard InChI is InChI=1S/C33H31ClFN3O3/c1-20-6-8-30(35)28(10-20)25-4-3-5-27-26(25)7-9-31(27)41-33-13-32(24(12-29(33)34)17-38-21(2)18-39)40-19-23-11-22(14-36)15-37-16-23/h3-6,8,10-13,15-16,21,31,38-39H,7,9,17-19H2,1-2H3/t21-,31+/m1/s1. The van der Waals surface area contributed by atoms with Gasteiger partial charge in [0.2, 0.25) is 0 Å². The number of nitriles is 1. The van der Waals surface area contributed by atoms with Gasteiger partial charge < -0.3 is 19.9 Å². The molecule has 5 rings (SSSR count). The first-order valence-corrected chi connectivity index (χ1v) is 13.9. The van der Waals surface area contributed by atoms with Crippen LogP contribution in [0.3, 0.4) is 0 Å². The monoisotopic (exact) mass is 571 g/mol. The fourth-order valence-corrected chi connectivity index (χ4v) is 5.30. The molecule has 2 N–H and O–H groups in total. The van der Waals surface area contributed by atoms with Gasteiger partial charge in [0.05, 0.1) is 17.2 Å². The third-order valence-corrected chi connectivity index (χ3v) is 7.54. The Hall–Kier alpha value is -3.96. The number of pyridine rings is 1. The maximum absolute atomic E-state index is 14.8. The van der Waals surface area contributed by atoms with Crippen LogP contribution >= 0.6 is 11.6 Å². The second-order valence-corrected chi connectivity index (χ2v) is 10.7. The van der Waals surface area contributed by atoms with Crippen LogP contribution in [0.1, 0.15) is 52.8 Å². The molecule has 41 heavy (non-hydrogen) atoms. The number of halogens is 2. The van der Waals surface area contributed by atoms with E-state index in [9.17, 15) is 14.8 Å². The molecule has 6 nitrogen and oxygen atoms in total. The summed E-state index contributed by atoms with van der Waals surface area (Å²) in [6.45, 7) is 4.45. The molecule has 3 aromatic carbocycles. The van der Waals surface area contributed by atoms with Crippen molar-refractivity contribution in [2.24, 2.45) is 0 Å². The molecule has 0 bridgehead atoms. The third-order valence-electron chi connectivity index (χ3n) is 7.25. The Morgan fingerprint density at radius 2 is 2.00 bits per heavy atom. The van der Waals surface area contributed by atoms with Gasteiger partial charge in [-0.1, -0.05) is 41.4 Å². The Balaban J connectivity index is 1.43. The Morgan fingerprint density at radius 1 is 1.15 bits per heavy atom. The Labute approximate surface area is 244 Å². The van der Waals surface area contributed by atoms with Gasteiger partial charge in [0.15, 0.2) is 0 Å². The summed E-state index contributed by atoms with van der Waals surface area (Å²) < 4.78 is 27.4. The van der Waals surface area contributed by atoms with Gasteiger partial charge in [0.25, 0.3) is 0 Å². The topological polar surface area (TPSA) is 87.4 Å². The van der Waals surface area contributed by atoms with Crippen LogP contribution in [0, 0.1) is 24.1 Å². The number of hydrogen-bond acceptors (Lipinski definition) is 6. The van der Waals surface area contributed by atoms with E-state index in [2.05, 4.69) is 16.4 Å². The summed E-state index contributed by atoms with van der Waals surface area (Å²) in [5, 5.41) is 22.3. The number of rotatable bonds is 10. The van der Waals surface area contributed by atoms with Crippen LogP contribution in [0.15, 0.2) is 67.0 Å². The molecule has 2 atom stereocenters. The maximum atomic E-state index is 14.8. The van der Waals surface area contributed by atoms with E-state index in [1.54, 1.807) is 24.4 Å². The van der Waals surface area contributed by atoms with Crippen LogP contribution in [0.4, 0.5) is 4.39 Å². The van der Waals surface area contributed by atoms with E-state index in [-0.39, 0.29) is 31.2 Å².